The minimum Gasteiger partial charge on any atom is -0.455 e. The van der Waals surface area contributed by atoms with E-state index < -0.39 is 131 Å². The number of hydrogen-bond donors (Lipinski definition) is 0. The predicted molar refractivity (Wildman–Crippen MR) is 190 cm³/mol. The molecule has 0 atom stereocenters. The summed E-state index contributed by atoms with van der Waals surface area (Å²) in [5.74, 6) is 0.0620. The molecule has 0 amide bonds. The van der Waals surface area contributed by atoms with Gasteiger partial charge in [-0.25, -0.2) is 0 Å². The number of benzene rings is 8. The van der Waals surface area contributed by atoms with Gasteiger partial charge in [-0.3, -0.25) is 0 Å². The highest BCUT2D eigenvalue weighted by atomic mass is 16.3. The molecular weight excluding hydrogens is 544 g/mol. The minimum absolute atomic E-state index is 0.0344. The van der Waals surface area contributed by atoms with Gasteiger partial charge in [-0.15, -0.1) is 0 Å². The van der Waals surface area contributed by atoms with Crippen LogP contribution in [0.4, 0.5) is 0 Å². The Hall–Kier alpha value is -5.92. The van der Waals surface area contributed by atoms with Gasteiger partial charge in [-0.1, -0.05) is 151 Å². The first-order chi connectivity index (χ1) is 29.8. The van der Waals surface area contributed by atoms with Crippen LogP contribution in [0.15, 0.2) is 174 Å². The smallest absolute Gasteiger partial charge is 0.143 e. The second-order valence-electron chi connectivity index (χ2n) is 10.3. The van der Waals surface area contributed by atoms with Crippen LogP contribution in [-0.2, 0) is 0 Å². The summed E-state index contributed by atoms with van der Waals surface area (Å²) < 4.78 is 166. The standard InChI is InChI=1S/C44H28O/c1-3-13-29(14-4-1)33-25-26-40-39(28-33)43(44(45-40)34-24-23-30-15-7-8-18-32(30)27-34)42-37-21-11-9-19-35(37)41(31-16-5-2-6-17-31)36-20-10-12-22-38(36)42/h1-28H/i1D,2D,3D,4D,5D,6D,9D,10D,11D,12D,13D,14D,16D,17D,19D,20D,21D,22D. The van der Waals surface area contributed by atoms with Gasteiger partial charge in [0.05, 0.1) is 24.7 Å². The normalized spacial score (nSPS) is 17.2. The summed E-state index contributed by atoms with van der Waals surface area (Å²) in [6.07, 6.45) is 0. The largest absolute Gasteiger partial charge is 0.455 e. The molecule has 0 aliphatic heterocycles. The summed E-state index contributed by atoms with van der Waals surface area (Å²) in [5.41, 5.74) is -0.643. The zero-order chi connectivity index (χ0) is 45.4. The molecule has 9 rings (SSSR count). The topological polar surface area (TPSA) is 13.1 Å². The van der Waals surface area contributed by atoms with E-state index in [1.807, 2.05) is 30.3 Å². The molecule has 1 heteroatoms. The van der Waals surface area contributed by atoms with Crippen LogP contribution in [0.2, 0.25) is 0 Å². The van der Waals surface area contributed by atoms with Crippen molar-refractivity contribution in [3.05, 3.63) is 169 Å². The molecule has 0 fully saturated rings. The number of hydrogen-bond acceptors (Lipinski definition) is 1. The molecule has 0 saturated heterocycles. The number of furan rings is 1. The molecule has 45 heavy (non-hydrogen) atoms. The summed E-state index contributed by atoms with van der Waals surface area (Å²) in [5, 5.41) is 0.276. The maximum absolute atomic E-state index is 9.52. The quantitative estimate of drug-likeness (QED) is 0.186. The molecule has 0 aliphatic carbocycles. The average molecular weight is 591 g/mol. The molecule has 0 unspecified atom stereocenters. The molecule has 1 nitrogen and oxygen atoms in total. The van der Waals surface area contributed by atoms with Crippen molar-refractivity contribution in [3.63, 3.8) is 0 Å². The van der Waals surface area contributed by atoms with Gasteiger partial charge < -0.3 is 4.42 Å². The van der Waals surface area contributed by atoms with Crippen LogP contribution in [0.3, 0.4) is 0 Å². The fourth-order valence-electron chi connectivity index (χ4n) is 5.93. The van der Waals surface area contributed by atoms with Crippen LogP contribution < -0.4 is 0 Å². The summed E-state index contributed by atoms with van der Waals surface area (Å²) in [6, 6.07) is 4.57. The molecule has 8 aromatic carbocycles. The van der Waals surface area contributed by atoms with Crippen molar-refractivity contribution in [2.24, 2.45) is 0 Å². The number of rotatable bonds is 4. The fraction of sp³-hybridized carbons (Fsp3) is 0. The van der Waals surface area contributed by atoms with Crippen LogP contribution in [0.25, 0.3) is 88.0 Å². The molecule has 0 aliphatic rings. The Morgan fingerprint density at radius 2 is 0.933 bits per heavy atom. The van der Waals surface area contributed by atoms with Crippen LogP contribution in [0, 0.1) is 0 Å². The molecule has 0 N–H and O–H groups in total. The van der Waals surface area contributed by atoms with Gasteiger partial charge in [0.2, 0.25) is 0 Å². The van der Waals surface area contributed by atoms with Crippen LogP contribution in [-0.4, -0.2) is 0 Å². The van der Waals surface area contributed by atoms with Crippen molar-refractivity contribution >= 4 is 43.3 Å². The minimum atomic E-state index is -0.794. The molecule has 0 bridgehead atoms. The second-order valence-corrected chi connectivity index (χ2v) is 10.3. The Morgan fingerprint density at radius 3 is 1.60 bits per heavy atom. The molecule has 0 saturated carbocycles. The first kappa shape index (κ1) is 13.4. The average Bonchev–Trinajstić information content (AvgIpc) is 3.66. The van der Waals surface area contributed by atoms with E-state index in [1.54, 1.807) is 12.1 Å². The van der Waals surface area contributed by atoms with E-state index in [1.165, 1.54) is 18.2 Å². The van der Waals surface area contributed by atoms with Crippen LogP contribution in [0.1, 0.15) is 24.7 Å². The van der Waals surface area contributed by atoms with Gasteiger partial charge in [-0.2, -0.15) is 0 Å². The highest BCUT2D eigenvalue weighted by molar-refractivity contribution is 6.25. The number of fused-ring (bicyclic) bond motifs is 4. The Balaban J connectivity index is 1.60. The molecule has 210 valence electrons. The Labute approximate surface area is 286 Å². The Bertz CT molecular complexity index is 3420. The van der Waals surface area contributed by atoms with Gasteiger partial charge in [-0.05, 0) is 72.8 Å². The van der Waals surface area contributed by atoms with Crippen molar-refractivity contribution in [3.8, 4) is 44.7 Å². The fourth-order valence-corrected chi connectivity index (χ4v) is 5.93. The van der Waals surface area contributed by atoms with E-state index in [0.29, 0.717) is 5.56 Å². The lowest BCUT2D eigenvalue weighted by Crippen LogP contribution is -1.91. The maximum Gasteiger partial charge on any atom is 0.143 e. The van der Waals surface area contributed by atoms with E-state index in [4.69, 9.17) is 23.6 Å². The zero-order valence-electron chi connectivity index (χ0n) is 41.2. The van der Waals surface area contributed by atoms with E-state index in [2.05, 4.69) is 0 Å². The summed E-state index contributed by atoms with van der Waals surface area (Å²) >= 11 is 0. The van der Waals surface area contributed by atoms with Crippen molar-refractivity contribution < 1.29 is 29.1 Å². The molecule has 1 heterocycles. The third-order valence-corrected chi connectivity index (χ3v) is 7.86. The lowest BCUT2D eigenvalue weighted by atomic mass is 9.84. The molecule has 1 aromatic heterocycles. The van der Waals surface area contributed by atoms with Crippen LogP contribution in [0.5, 0.6) is 0 Å². The second kappa shape index (κ2) is 10.4. The predicted octanol–water partition coefficient (Wildman–Crippen LogP) is 12.6. The third-order valence-electron chi connectivity index (χ3n) is 7.86. The molecule has 0 radical (unpaired) electrons. The van der Waals surface area contributed by atoms with E-state index >= 15 is 0 Å². The summed E-state index contributed by atoms with van der Waals surface area (Å²) in [7, 11) is 0. The zero-order valence-corrected chi connectivity index (χ0v) is 23.2. The monoisotopic (exact) mass is 590 g/mol. The lowest BCUT2D eigenvalue weighted by molar-refractivity contribution is 0.632. The van der Waals surface area contributed by atoms with E-state index in [0.717, 1.165) is 10.8 Å². The highest BCUT2D eigenvalue weighted by Gasteiger charge is 2.24. The molecule has 9 aromatic rings. The Kier molecular flexibility index (Phi) is 3.08. The maximum atomic E-state index is 9.52. The van der Waals surface area contributed by atoms with Crippen molar-refractivity contribution in [1.82, 2.24) is 0 Å². The van der Waals surface area contributed by atoms with Gasteiger partial charge in [0.25, 0.3) is 0 Å². The summed E-state index contributed by atoms with van der Waals surface area (Å²) in [6.45, 7) is 0. The molecule has 0 spiro atoms. The van der Waals surface area contributed by atoms with Gasteiger partial charge in [0.15, 0.2) is 0 Å². The molecular formula is C44H28O. The van der Waals surface area contributed by atoms with Gasteiger partial charge in [0, 0.05) is 22.1 Å². The van der Waals surface area contributed by atoms with Crippen molar-refractivity contribution in [2.45, 2.75) is 0 Å². The third kappa shape index (κ3) is 4.17. The summed E-state index contributed by atoms with van der Waals surface area (Å²) in [4.78, 5) is 0. The highest BCUT2D eigenvalue weighted by Crippen LogP contribution is 2.50. The Morgan fingerprint density at radius 1 is 0.378 bits per heavy atom. The SMILES string of the molecule is [2H]c1c([2H])c([2H])c(-c2ccc3oc(-c4ccc5ccccc5c4)c(-c4c5c([2H])c([2H])c([2H])c([2H])c5c(-c5c([2H])c([2H])c([2H])c([2H])c5[2H])c5c([2H])c([2H])c([2H])c([2H])c45)c3c2)c([2H])c1[2H]. The van der Waals surface area contributed by atoms with Gasteiger partial charge in [0.1, 0.15) is 11.3 Å². The lowest BCUT2D eigenvalue weighted by Gasteiger charge is -2.18. The van der Waals surface area contributed by atoms with Crippen LogP contribution >= 0.6 is 0 Å². The first-order valence-electron chi connectivity index (χ1n) is 23.0. The first-order valence-corrected chi connectivity index (χ1v) is 14.0. The van der Waals surface area contributed by atoms with Crippen molar-refractivity contribution in [1.29, 1.82) is 0 Å². The van der Waals surface area contributed by atoms with Gasteiger partial charge >= 0.3 is 0 Å². The van der Waals surface area contributed by atoms with E-state index in [-0.39, 0.29) is 49.8 Å². The van der Waals surface area contributed by atoms with E-state index in [9.17, 15) is 5.48 Å². The van der Waals surface area contributed by atoms with Crippen molar-refractivity contribution in [2.75, 3.05) is 0 Å².